The highest BCUT2D eigenvalue weighted by molar-refractivity contribution is 5.23. The Balaban J connectivity index is 1.82. The molecule has 0 aliphatic carbocycles. The summed E-state index contributed by atoms with van der Waals surface area (Å²) in [7, 11) is 1.83. The number of hydrogen-bond donors (Lipinski definition) is 1. The Labute approximate surface area is 123 Å². The van der Waals surface area contributed by atoms with Crippen molar-refractivity contribution in [1.82, 2.24) is 10.2 Å². The Bertz CT molecular complexity index is 386. The third-order valence-corrected chi connectivity index (χ3v) is 4.02. The van der Waals surface area contributed by atoms with Gasteiger partial charge in [-0.2, -0.15) is 0 Å². The fourth-order valence-corrected chi connectivity index (χ4v) is 2.81. The van der Waals surface area contributed by atoms with Crippen LogP contribution in [0.1, 0.15) is 37.3 Å². The fourth-order valence-electron chi connectivity index (χ4n) is 2.81. The number of benzene rings is 1. The molecule has 0 amide bonds. The predicted molar refractivity (Wildman–Crippen MR) is 83.7 cm³/mol. The summed E-state index contributed by atoms with van der Waals surface area (Å²) in [6.45, 7) is 7.64. The van der Waals surface area contributed by atoms with Gasteiger partial charge in [0.05, 0.1) is 6.10 Å². The molecule has 0 radical (unpaired) electrons. The number of likely N-dealkylation sites (tertiary alicyclic amines) is 1. The van der Waals surface area contributed by atoms with Crippen LogP contribution in [0, 0.1) is 0 Å². The van der Waals surface area contributed by atoms with Crippen molar-refractivity contribution < 1.29 is 4.74 Å². The van der Waals surface area contributed by atoms with Crippen LogP contribution in [0.2, 0.25) is 0 Å². The van der Waals surface area contributed by atoms with Crippen molar-refractivity contribution in [3.8, 4) is 0 Å². The van der Waals surface area contributed by atoms with E-state index in [4.69, 9.17) is 4.74 Å². The second-order valence-electron chi connectivity index (χ2n) is 5.71. The molecule has 1 heterocycles. The molecule has 0 spiro atoms. The van der Waals surface area contributed by atoms with Crippen LogP contribution in [-0.2, 0) is 17.8 Å². The van der Waals surface area contributed by atoms with Crippen LogP contribution in [0.5, 0.6) is 0 Å². The van der Waals surface area contributed by atoms with E-state index in [1.54, 1.807) is 0 Å². The molecule has 0 unspecified atom stereocenters. The molecule has 20 heavy (non-hydrogen) atoms. The molecule has 0 aromatic heterocycles. The summed E-state index contributed by atoms with van der Waals surface area (Å²) >= 11 is 0. The summed E-state index contributed by atoms with van der Waals surface area (Å²) in [5.41, 5.74) is 2.82. The average molecular weight is 276 g/mol. The minimum absolute atomic E-state index is 0.468. The molecule has 112 valence electrons. The summed E-state index contributed by atoms with van der Waals surface area (Å²) < 4.78 is 5.43. The SMILES string of the molecule is CCCNCc1cccc(CN2CCC(OC)CC2)c1. The Hall–Kier alpha value is -0.900. The Morgan fingerprint density at radius 3 is 2.70 bits per heavy atom. The zero-order valence-corrected chi connectivity index (χ0v) is 12.9. The van der Waals surface area contributed by atoms with Gasteiger partial charge in [0.1, 0.15) is 0 Å². The molecule has 2 rings (SSSR count). The number of nitrogens with zero attached hydrogens (tertiary/aromatic N) is 1. The molecular formula is C17H28N2O. The number of nitrogens with one attached hydrogen (secondary N) is 1. The highest BCUT2D eigenvalue weighted by atomic mass is 16.5. The zero-order valence-electron chi connectivity index (χ0n) is 12.9. The van der Waals surface area contributed by atoms with Crippen LogP contribution in [0.15, 0.2) is 24.3 Å². The molecule has 3 heteroatoms. The lowest BCUT2D eigenvalue weighted by molar-refractivity contribution is 0.0388. The quantitative estimate of drug-likeness (QED) is 0.775. The molecule has 0 bridgehead atoms. The third-order valence-electron chi connectivity index (χ3n) is 4.02. The van der Waals surface area contributed by atoms with Crippen LogP contribution in [0.4, 0.5) is 0 Å². The van der Waals surface area contributed by atoms with Crippen molar-refractivity contribution in [2.75, 3.05) is 26.7 Å². The van der Waals surface area contributed by atoms with Crippen LogP contribution in [0.3, 0.4) is 0 Å². The summed E-state index contributed by atoms with van der Waals surface area (Å²) in [5.74, 6) is 0. The van der Waals surface area contributed by atoms with Crippen molar-refractivity contribution in [1.29, 1.82) is 0 Å². The van der Waals surface area contributed by atoms with E-state index in [0.717, 1.165) is 45.6 Å². The van der Waals surface area contributed by atoms with Crippen LogP contribution >= 0.6 is 0 Å². The fraction of sp³-hybridized carbons (Fsp3) is 0.647. The van der Waals surface area contributed by atoms with Crippen molar-refractivity contribution in [3.05, 3.63) is 35.4 Å². The van der Waals surface area contributed by atoms with Crippen molar-refractivity contribution in [2.45, 2.75) is 45.4 Å². The number of piperidine rings is 1. The molecule has 3 nitrogen and oxygen atoms in total. The second kappa shape index (κ2) is 8.40. The van der Waals surface area contributed by atoms with E-state index in [1.807, 2.05) is 7.11 Å². The lowest BCUT2D eigenvalue weighted by atomic mass is 10.1. The molecule has 1 aliphatic rings. The van der Waals surface area contributed by atoms with Crippen LogP contribution in [-0.4, -0.2) is 37.7 Å². The van der Waals surface area contributed by atoms with Crippen molar-refractivity contribution in [3.63, 3.8) is 0 Å². The van der Waals surface area contributed by atoms with E-state index in [0.29, 0.717) is 6.10 Å². The van der Waals surface area contributed by atoms with Gasteiger partial charge in [0.2, 0.25) is 0 Å². The first-order chi connectivity index (χ1) is 9.81. The van der Waals surface area contributed by atoms with Gasteiger partial charge in [-0.05, 0) is 36.9 Å². The summed E-state index contributed by atoms with van der Waals surface area (Å²) in [4.78, 5) is 2.54. The van der Waals surface area contributed by atoms with Gasteiger partial charge in [-0.25, -0.2) is 0 Å². The minimum Gasteiger partial charge on any atom is -0.381 e. The average Bonchev–Trinajstić information content (AvgIpc) is 2.49. The highest BCUT2D eigenvalue weighted by Crippen LogP contribution is 2.16. The molecule has 1 N–H and O–H groups in total. The van der Waals surface area contributed by atoms with Crippen LogP contribution < -0.4 is 5.32 Å². The largest absolute Gasteiger partial charge is 0.381 e. The molecule has 0 atom stereocenters. The lowest BCUT2D eigenvalue weighted by Gasteiger charge is -2.31. The van der Waals surface area contributed by atoms with Crippen molar-refractivity contribution >= 4 is 0 Å². The number of ether oxygens (including phenoxy) is 1. The van der Waals surface area contributed by atoms with Gasteiger partial charge in [0, 0.05) is 33.3 Å². The van der Waals surface area contributed by atoms with E-state index in [-0.39, 0.29) is 0 Å². The monoisotopic (exact) mass is 276 g/mol. The highest BCUT2D eigenvalue weighted by Gasteiger charge is 2.18. The van der Waals surface area contributed by atoms with Gasteiger partial charge in [0.15, 0.2) is 0 Å². The summed E-state index contributed by atoms with van der Waals surface area (Å²) in [6.07, 6.45) is 3.98. The van der Waals surface area contributed by atoms with Gasteiger partial charge >= 0.3 is 0 Å². The molecule has 1 aliphatic heterocycles. The Morgan fingerprint density at radius 1 is 1.25 bits per heavy atom. The normalized spacial score (nSPS) is 17.5. The minimum atomic E-state index is 0.468. The molecule has 1 fully saturated rings. The Kier molecular flexibility index (Phi) is 6.51. The molecule has 1 aromatic carbocycles. The van der Waals surface area contributed by atoms with Gasteiger partial charge in [-0.3, -0.25) is 4.90 Å². The number of methoxy groups -OCH3 is 1. The van der Waals surface area contributed by atoms with Crippen LogP contribution in [0.25, 0.3) is 0 Å². The van der Waals surface area contributed by atoms with E-state index in [9.17, 15) is 0 Å². The first-order valence-electron chi connectivity index (χ1n) is 7.85. The van der Waals surface area contributed by atoms with Crippen molar-refractivity contribution in [2.24, 2.45) is 0 Å². The number of rotatable bonds is 7. The first-order valence-corrected chi connectivity index (χ1v) is 7.85. The van der Waals surface area contributed by atoms with E-state index in [1.165, 1.54) is 17.5 Å². The lowest BCUT2D eigenvalue weighted by Crippen LogP contribution is -2.36. The maximum atomic E-state index is 5.43. The summed E-state index contributed by atoms with van der Waals surface area (Å²) in [6, 6.07) is 8.97. The second-order valence-corrected chi connectivity index (χ2v) is 5.71. The van der Waals surface area contributed by atoms with E-state index >= 15 is 0 Å². The molecule has 1 saturated heterocycles. The van der Waals surface area contributed by atoms with Gasteiger partial charge in [-0.15, -0.1) is 0 Å². The smallest absolute Gasteiger partial charge is 0.0595 e. The van der Waals surface area contributed by atoms with E-state index < -0.39 is 0 Å². The van der Waals surface area contributed by atoms with Gasteiger partial charge in [0.25, 0.3) is 0 Å². The predicted octanol–water partition coefficient (Wildman–Crippen LogP) is 2.80. The standard InChI is InChI=1S/C17H28N2O/c1-3-9-18-13-15-5-4-6-16(12-15)14-19-10-7-17(20-2)8-11-19/h4-6,12,17-18H,3,7-11,13-14H2,1-2H3. The maximum absolute atomic E-state index is 5.43. The third kappa shape index (κ3) is 4.89. The zero-order chi connectivity index (χ0) is 14.2. The molecule has 1 aromatic rings. The van der Waals surface area contributed by atoms with E-state index in [2.05, 4.69) is 41.4 Å². The summed E-state index contributed by atoms with van der Waals surface area (Å²) in [5, 5.41) is 3.47. The first kappa shape index (κ1) is 15.5. The van der Waals surface area contributed by atoms with Gasteiger partial charge in [-0.1, -0.05) is 31.2 Å². The molecular weight excluding hydrogens is 248 g/mol. The topological polar surface area (TPSA) is 24.5 Å². The van der Waals surface area contributed by atoms with Gasteiger partial charge < -0.3 is 10.1 Å². The Morgan fingerprint density at radius 2 is 2.00 bits per heavy atom. The maximum Gasteiger partial charge on any atom is 0.0595 e. The molecule has 0 saturated carbocycles. The number of hydrogen-bond acceptors (Lipinski definition) is 3.